The molecule has 0 aliphatic carbocycles. The molecule has 2 rings (SSSR count). The fourth-order valence-electron chi connectivity index (χ4n) is 2.69. The van der Waals surface area contributed by atoms with Gasteiger partial charge in [-0.05, 0) is 39.0 Å². The molecule has 6 nitrogen and oxygen atoms in total. The highest BCUT2D eigenvalue weighted by Crippen LogP contribution is 2.15. The van der Waals surface area contributed by atoms with Crippen LogP contribution in [-0.2, 0) is 16.1 Å². The van der Waals surface area contributed by atoms with Crippen molar-refractivity contribution in [3.8, 4) is 0 Å². The Balaban J connectivity index is 1.84. The number of ether oxygens (including phenoxy) is 1. The van der Waals surface area contributed by atoms with E-state index in [0.29, 0.717) is 11.1 Å². The topological polar surface area (TPSA) is 77.4 Å². The van der Waals surface area contributed by atoms with E-state index in [1.165, 1.54) is 0 Å². The molecule has 6 heteroatoms. The van der Waals surface area contributed by atoms with Crippen LogP contribution in [0.4, 0.5) is 0 Å². The van der Waals surface area contributed by atoms with Crippen molar-refractivity contribution in [2.75, 3.05) is 13.2 Å². The molecular weight excluding hydrogens is 320 g/mol. The summed E-state index contributed by atoms with van der Waals surface area (Å²) in [5.41, 5.74) is 2.86. The number of amides is 1. The van der Waals surface area contributed by atoms with Gasteiger partial charge in [0, 0.05) is 29.1 Å². The molecule has 1 aromatic heterocycles. The van der Waals surface area contributed by atoms with E-state index in [1.807, 2.05) is 25.3 Å². The minimum absolute atomic E-state index is 0.254. The fraction of sp³-hybridized carbons (Fsp3) is 0.316. The van der Waals surface area contributed by atoms with Crippen molar-refractivity contribution in [2.45, 2.75) is 27.3 Å². The Morgan fingerprint density at radius 3 is 2.40 bits per heavy atom. The first kappa shape index (κ1) is 18.4. The van der Waals surface area contributed by atoms with Crippen LogP contribution in [0.2, 0.25) is 0 Å². The summed E-state index contributed by atoms with van der Waals surface area (Å²) in [6.07, 6.45) is 0. The number of benzene rings is 1. The Kier molecular flexibility index (Phi) is 6.11. The summed E-state index contributed by atoms with van der Waals surface area (Å²) in [6, 6.07) is 10.4. The number of nitrogens with one attached hydrogen (secondary N) is 1. The van der Waals surface area contributed by atoms with Gasteiger partial charge in [-0.3, -0.25) is 14.4 Å². The van der Waals surface area contributed by atoms with Gasteiger partial charge in [-0.25, -0.2) is 0 Å². The molecule has 0 radical (unpaired) electrons. The molecule has 0 aliphatic rings. The predicted octanol–water partition coefficient (Wildman–Crippen LogP) is 2.28. The average molecular weight is 342 g/mol. The van der Waals surface area contributed by atoms with Crippen molar-refractivity contribution in [3.05, 3.63) is 58.9 Å². The molecule has 0 atom stereocenters. The summed E-state index contributed by atoms with van der Waals surface area (Å²) < 4.78 is 6.99. The molecule has 132 valence electrons. The zero-order chi connectivity index (χ0) is 18.4. The third-order valence-electron chi connectivity index (χ3n) is 3.98. The highest BCUT2D eigenvalue weighted by molar-refractivity contribution is 5.99. The summed E-state index contributed by atoms with van der Waals surface area (Å²) in [4.78, 5) is 35.8. The van der Waals surface area contributed by atoms with Crippen molar-refractivity contribution < 1.29 is 19.1 Å². The van der Waals surface area contributed by atoms with Gasteiger partial charge in [-0.15, -0.1) is 0 Å². The summed E-state index contributed by atoms with van der Waals surface area (Å²) in [6.45, 7) is 5.95. The van der Waals surface area contributed by atoms with Gasteiger partial charge in [0.2, 0.25) is 5.78 Å². The molecule has 1 aromatic carbocycles. The van der Waals surface area contributed by atoms with Crippen molar-refractivity contribution in [1.29, 1.82) is 0 Å². The molecule has 1 heterocycles. The minimum atomic E-state index is -0.651. The molecule has 0 aliphatic heterocycles. The Morgan fingerprint density at radius 1 is 1.12 bits per heavy atom. The largest absolute Gasteiger partial charge is 0.456 e. The van der Waals surface area contributed by atoms with E-state index in [1.54, 1.807) is 36.4 Å². The first-order valence-corrected chi connectivity index (χ1v) is 8.12. The lowest BCUT2D eigenvalue weighted by atomic mass is 10.1. The molecule has 0 fully saturated rings. The lowest BCUT2D eigenvalue weighted by molar-refractivity contribution is -0.141. The number of Topliss-reactive ketones (excluding diaryl/α,β-unsaturated/α-hetero) is 1. The Morgan fingerprint density at radius 2 is 1.80 bits per heavy atom. The third-order valence-corrected chi connectivity index (χ3v) is 3.98. The summed E-state index contributed by atoms with van der Waals surface area (Å²) >= 11 is 0. The van der Waals surface area contributed by atoms with E-state index in [-0.39, 0.29) is 24.8 Å². The molecule has 1 amide bonds. The Bertz CT molecular complexity index is 778. The number of carbonyl (C=O) groups is 3. The second-order valence-electron chi connectivity index (χ2n) is 5.66. The number of aromatic nitrogens is 1. The standard InChI is InChI=1S/C19H22N2O4/c1-4-21-13(2)10-16(14(21)3)17(22)12-25-18(23)11-20-19(24)15-8-6-5-7-9-15/h5-10H,4,11-12H2,1-3H3,(H,20,24). The average Bonchev–Trinajstić information content (AvgIpc) is 2.92. The summed E-state index contributed by atoms with van der Waals surface area (Å²) in [5.74, 6) is -1.27. The maximum Gasteiger partial charge on any atom is 0.325 e. The van der Waals surface area contributed by atoms with Gasteiger partial charge in [-0.1, -0.05) is 18.2 Å². The van der Waals surface area contributed by atoms with Crippen LogP contribution < -0.4 is 5.32 Å². The Hall–Kier alpha value is -2.89. The van der Waals surface area contributed by atoms with Crippen LogP contribution in [0.25, 0.3) is 0 Å². The van der Waals surface area contributed by atoms with Crippen LogP contribution >= 0.6 is 0 Å². The van der Waals surface area contributed by atoms with E-state index in [4.69, 9.17) is 4.74 Å². The van der Waals surface area contributed by atoms with Crippen molar-refractivity contribution >= 4 is 17.7 Å². The monoisotopic (exact) mass is 342 g/mol. The van der Waals surface area contributed by atoms with Crippen LogP contribution in [0.3, 0.4) is 0 Å². The second-order valence-corrected chi connectivity index (χ2v) is 5.66. The first-order valence-electron chi connectivity index (χ1n) is 8.12. The van der Waals surface area contributed by atoms with Gasteiger partial charge in [0.1, 0.15) is 6.54 Å². The lowest BCUT2D eigenvalue weighted by Crippen LogP contribution is -2.31. The van der Waals surface area contributed by atoms with Gasteiger partial charge in [0.25, 0.3) is 5.91 Å². The molecule has 2 aromatic rings. The van der Waals surface area contributed by atoms with Crippen molar-refractivity contribution in [3.63, 3.8) is 0 Å². The van der Waals surface area contributed by atoms with Crippen LogP contribution in [0.1, 0.15) is 39.0 Å². The number of rotatable bonds is 7. The van der Waals surface area contributed by atoms with Crippen LogP contribution in [0, 0.1) is 13.8 Å². The van der Waals surface area contributed by atoms with Gasteiger partial charge >= 0.3 is 5.97 Å². The van der Waals surface area contributed by atoms with Crippen molar-refractivity contribution in [2.24, 2.45) is 0 Å². The third kappa shape index (κ3) is 4.56. The fourth-order valence-corrected chi connectivity index (χ4v) is 2.69. The van der Waals surface area contributed by atoms with E-state index in [2.05, 4.69) is 5.32 Å². The molecular formula is C19H22N2O4. The van der Waals surface area contributed by atoms with Gasteiger partial charge in [-0.2, -0.15) is 0 Å². The molecule has 25 heavy (non-hydrogen) atoms. The van der Waals surface area contributed by atoms with Gasteiger partial charge in [0.05, 0.1) is 0 Å². The molecule has 1 N–H and O–H groups in total. The minimum Gasteiger partial charge on any atom is -0.456 e. The molecule has 0 bridgehead atoms. The number of esters is 1. The molecule has 0 unspecified atom stereocenters. The second kappa shape index (κ2) is 8.28. The first-order chi connectivity index (χ1) is 11.9. The van der Waals surface area contributed by atoms with Crippen molar-refractivity contribution in [1.82, 2.24) is 9.88 Å². The zero-order valence-electron chi connectivity index (χ0n) is 14.7. The maximum atomic E-state index is 12.2. The molecule has 0 saturated carbocycles. The van der Waals surface area contributed by atoms with Gasteiger partial charge in [0.15, 0.2) is 6.61 Å². The quantitative estimate of drug-likeness (QED) is 0.618. The van der Waals surface area contributed by atoms with E-state index in [0.717, 1.165) is 17.9 Å². The molecule has 0 spiro atoms. The Labute approximate surface area is 146 Å². The summed E-state index contributed by atoms with van der Waals surface area (Å²) in [5, 5.41) is 2.47. The number of hydrogen-bond acceptors (Lipinski definition) is 4. The van der Waals surface area contributed by atoms with E-state index >= 15 is 0 Å². The highest BCUT2D eigenvalue weighted by Gasteiger charge is 2.17. The number of carbonyl (C=O) groups excluding carboxylic acids is 3. The lowest BCUT2D eigenvalue weighted by Gasteiger charge is -2.07. The van der Waals surface area contributed by atoms with Crippen LogP contribution in [-0.4, -0.2) is 35.4 Å². The summed E-state index contributed by atoms with van der Waals surface area (Å²) in [7, 11) is 0. The van der Waals surface area contributed by atoms with Crippen LogP contribution in [0.5, 0.6) is 0 Å². The zero-order valence-corrected chi connectivity index (χ0v) is 14.7. The van der Waals surface area contributed by atoms with E-state index < -0.39 is 5.97 Å². The predicted molar refractivity (Wildman–Crippen MR) is 93.6 cm³/mol. The smallest absolute Gasteiger partial charge is 0.325 e. The van der Waals surface area contributed by atoms with Crippen LogP contribution in [0.15, 0.2) is 36.4 Å². The maximum absolute atomic E-state index is 12.2. The number of ketones is 1. The SMILES string of the molecule is CCn1c(C)cc(C(=O)COC(=O)CNC(=O)c2ccccc2)c1C. The molecule has 0 saturated heterocycles. The van der Waals surface area contributed by atoms with E-state index in [9.17, 15) is 14.4 Å². The number of hydrogen-bond donors (Lipinski definition) is 1. The normalized spacial score (nSPS) is 10.4. The highest BCUT2D eigenvalue weighted by atomic mass is 16.5. The number of nitrogens with zero attached hydrogens (tertiary/aromatic N) is 1. The van der Waals surface area contributed by atoms with Gasteiger partial charge < -0.3 is 14.6 Å². The number of aryl methyl sites for hydroxylation is 1.